The smallest absolute Gasteiger partial charge is 0.264 e. The lowest BCUT2D eigenvalue weighted by molar-refractivity contribution is -0.114. The van der Waals surface area contributed by atoms with Crippen molar-refractivity contribution >= 4 is 38.9 Å². The van der Waals surface area contributed by atoms with E-state index in [1.807, 2.05) is 0 Å². The number of carbonyl (C=O) groups is 1. The zero-order valence-electron chi connectivity index (χ0n) is 15.5. The maximum atomic E-state index is 13.6. The molecule has 0 aliphatic rings. The van der Waals surface area contributed by atoms with Crippen LogP contribution in [0.1, 0.15) is 12.5 Å². The Kier molecular flexibility index (Phi) is 6.20. The number of amides is 1. The first-order chi connectivity index (χ1) is 13.8. The predicted molar refractivity (Wildman–Crippen MR) is 112 cm³/mol. The Labute approximate surface area is 173 Å². The van der Waals surface area contributed by atoms with Crippen molar-refractivity contribution in [1.82, 2.24) is 0 Å². The van der Waals surface area contributed by atoms with Gasteiger partial charge in [0.25, 0.3) is 10.0 Å². The number of nitrogens with zero attached hydrogens (tertiary/aromatic N) is 1. The third-order valence-electron chi connectivity index (χ3n) is 4.07. The predicted octanol–water partition coefficient (Wildman–Crippen LogP) is 4.83. The van der Waals surface area contributed by atoms with Crippen LogP contribution in [0.15, 0.2) is 77.7 Å². The van der Waals surface area contributed by atoms with Gasteiger partial charge in [-0.3, -0.25) is 9.10 Å². The van der Waals surface area contributed by atoms with Crippen LogP contribution in [0.25, 0.3) is 0 Å². The summed E-state index contributed by atoms with van der Waals surface area (Å²) in [5, 5.41) is 2.97. The molecule has 29 heavy (non-hydrogen) atoms. The molecule has 150 valence electrons. The molecule has 0 bridgehead atoms. The van der Waals surface area contributed by atoms with E-state index in [0.717, 1.165) is 0 Å². The van der Waals surface area contributed by atoms with Crippen molar-refractivity contribution in [3.63, 3.8) is 0 Å². The van der Waals surface area contributed by atoms with Crippen LogP contribution < -0.4 is 9.62 Å². The molecule has 3 rings (SSSR count). The fourth-order valence-electron chi connectivity index (χ4n) is 2.79. The molecule has 0 saturated carbocycles. The van der Waals surface area contributed by atoms with Crippen LogP contribution in [0, 0.1) is 5.82 Å². The van der Waals surface area contributed by atoms with Gasteiger partial charge >= 0.3 is 0 Å². The topological polar surface area (TPSA) is 66.5 Å². The van der Waals surface area contributed by atoms with Crippen LogP contribution in [0.4, 0.5) is 15.8 Å². The van der Waals surface area contributed by atoms with Crippen LogP contribution in [-0.2, 0) is 21.4 Å². The lowest BCUT2D eigenvalue weighted by Crippen LogP contribution is -2.30. The van der Waals surface area contributed by atoms with E-state index in [-0.39, 0.29) is 17.3 Å². The number of anilines is 2. The quantitative estimate of drug-likeness (QED) is 0.606. The third-order valence-corrected chi connectivity index (χ3v) is 6.10. The first-order valence-corrected chi connectivity index (χ1v) is 10.5. The summed E-state index contributed by atoms with van der Waals surface area (Å²) in [5.41, 5.74) is 1.33. The van der Waals surface area contributed by atoms with Crippen molar-refractivity contribution in [1.29, 1.82) is 0 Å². The summed E-state index contributed by atoms with van der Waals surface area (Å²) >= 11 is 6.06. The molecule has 0 heterocycles. The van der Waals surface area contributed by atoms with E-state index in [2.05, 4.69) is 5.32 Å². The van der Waals surface area contributed by atoms with Crippen molar-refractivity contribution in [2.75, 3.05) is 9.62 Å². The lowest BCUT2D eigenvalue weighted by atomic mass is 10.2. The van der Waals surface area contributed by atoms with Crippen LogP contribution in [0.5, 0.6) is 0 Å². The highest BCUT2D eigenvalue weighted by Gasteiger charge is 2.25. The summed E-state index contributed by atoms with van der Waals surface area (Å²) < 4.78 is 41.5. The molecule has 1 N–H and O–H groups in total. The number of nitrogens with one attached hydrogen (secondary N) is 1. The molecule has 3 aromatic rings. The molecule has 0 unspecified atom stereocenters. The maximum Gasteiger partial charge on any atom is 0.264 e. The highest BCUT2D eigenvalue weighted by Crippen LogP contribution is 2.28. The van der Waals surface area contributed by atoms with Crippen LogP contribution >= 0.6 is 11.6 Å². The lowest BCUT2D eigenvalue weighted by Gasteiger charge is -2.25. The van der Waals surface area contributed by atoms with Gasteiger partial charge in [-0.05, 0) is 60.2 Å². The van der Waals surface area contributed by atoms with Gasteiger partial charge in [-0.25, -0.2) is 12.8 Å². The minimum Gasteiger partial charge on any atom is -0.326 e. The second-order valence-corrected chi connectivity index (χ2v) is 8.63. The fourth-order valence-corrected chi connectivity index (χ4v) is 4.42. The van der Waals surface area contributed by atoms with E-state index >= 15 is 0 Å². The highest BCUT2D eigenvalue weighted by atomic mass is 35.5. The van der Waals surface area contributed by atoms with Crippen LogP contribution in [0.2, 0.25) is 5.02 Å². The third kappa shape index (κ3) is 5.13. The van der Waals surface area contributed by atoms with Crippen molar-refractivity contribution in [2.24, 2.45) is 0 Å². The van der Waals surface area contributed by atoms with Crippen molar-refractivity contribution < 1.29 is 17.6 Å². The molecule has 0 spiro atoms. The molecule has 0 radical (unpaired) electrons. The Hall–Kier alpha value is -2.90. The number of halogens is 2. The van der Waals surface area contributed by atoms with E-state index in [9.17, 15) is 17.6 Å². The number of benzene rings is 3. The van der Waals surface area contributed by atoms with Gasteiger partial charge in [-0.1, -0.05) is 29.8 Å². The Morgan fingerprint density at radius 1 is 1.03 bits per heavy atom. The molecule has 0 aliphatic carbocycles. The van der Waals surface area contributed by atoms with Gasteiger partial charge in [0.05, 0.1) is 17.1 Å². The first-order valence-electron chi connectivity index (χ1n) is 8.66. The average Bonchev–Trinajstić information content (AvgIpc) is 2.66. The van der Waals surface area contributed by atoms with Gasteiger partial charge in [0.15, 0.2) is 0 Å². The van der Waals surface area contributed by atoms with Crippen molar-refractivity contribution in [3.8, 4) is 0 Å². The number of carbonyl (C=O) groups excluding carboxylic acids is 1. The van der Waals surface area contributed by atoms with Gasteiger partial charge in [-0.2, -0.15) is 0 Å². The maximum absolute atomic E-state index is 13.6. The summed E-state index contributed by atoms with van der Waals surface area (Å²) in [7, 11) is -3.99. The summed E-state index contributed by atoms with van der Waals surface area (Å²) in [6, 6.07) is 18.0. The van der Waals surface area contributed by atoms with E-state index in [1.54, 1.807) is 24.3 Å². The Morgan fingerprint density at radius 3 is 2.34 bits per heavy atom. The molecule has 8 heteroatoms. The van der Waals surface area contributed by atoms with Gasteiger partial charge < -0.3 is 5.32 Å². The SMILES string of the molecule is CC(=O)Nc1ccc(S(=O)(=O)N(Cc2cccc(F)c2)c2cccc(Cl)c2)cc1. The number of rotatable bonds is 6. The van der Waals surface area contributed by atoms with Crippen molar-refractivity contribution in [2.45, 2.75) is 18.4 Å². The minimum absolute atomic E-state index is 0.0305. The van der Waals surface area contributed by atoms with Crippen LogP contribution in [-0.4, -0.2) is 14.3 Å². The molecular weight excluding hydrogens is 415 g/mol. The Morgan fingerprint density at radius 2 is 1.72 bits per heavy atom. The summed E-state index contributed by atoms with van der Waals surface area (Å²) in [4.78, 5) is 11.2. The molecule has 0 atom stereocenters. The summed E-state index contributed by atoms with van der Waals surface area (Å²) in [5.74, 6) is -0.710. The second-order valence-electron chi connectivity index (χ2n) is 6.33. The fraction of sp³-hybridized carbons (Fsp3) is 0.0952. The molecule has 0 aromatic heterocycles. The standard InChI is InChI=1S/C21H18ClFN2O3S/c1-15(26)24-19-8-10-21(11-9-19)29(27,28)25(20-7-3-5-17(22)13-20)14-16-4-2-6-18(23)12-16/h2-13H,14H2,1H3,(H,24,26). The number of hydrogen-bond donors (Lipinski definition) is 1. The normalized spacial score (nSPS) is 11.1. The molecule has 0 fully saturated rings. The van der Waals surface area contributed by atoms with E-state index in [0.29, 0.717) is 22.0 Å². The van der Waals surface area contributed by atoms with Gasteiger partial charge in [0.2, 0.25) is 5.91 Å². The highest BCUT2D eigenvalue weighted by molar-refractivity contribution is 7.92. The minimum atomic E-state index is -3.99. The Balaban J connectivity index is 2.03. The molecule has 5 nitrogen and oxygen atoms in total. The van der Waals surface area contributed by atoms with Crippen molar-refractivity contribution in [3.05, 3.63) is 89.2 Å². The first kappa shape index (κ1) is 20.8. The zero-order chi connectivity index (χ0) is 21.0. The molecule has 0 aliphatic heterocycles. The monoisotopic (exact) mass is 432 g/mol. The van der Waals surface area contributed by atoms with Gasteiger partial charge in [0.1, 0.15) is 5.82 Å². The average molecular weight is 433 g/mol. The van der Waals surface area contributed by atoms with Gasteiger partial charge in [-0.15, -0.1) is 0 Å². The van der Waals surface area contributed by atoms with E-state index in [4.69, 9.17) is 11.6 Å². The molecule has 3 aromatic carbocycles. The molecular formula is C21H18ClFN2O3S. The summed E-state index contributed by atoms with van der Waals surface area (Å²) in [6.07, 6.45) is 0. The number of hydrogen-bond acceptors (Lipinski definition) is 3. The largest absolute Gasteiger partial charge is 0.326 e. The Bertz CT molecular complexity index is 1130. The second kappa shape index (κ2) is 8.63. The van der Waals surface area contributed by atoms with Gasteiger partial charge in [0, 0.05) is 17.6 Å². The summed E-state index contributed by atoms with van der Waals surface area (Å²) in [6.45, 7) is 1.29. The molecule has 1 amide bonds. The number of sulfonamides is 1. The van der Waals surface area contributed by atoms with E-state index in [1.165, 1.54) is 59.8 Å². The zero-order valence-corrected chi connectivity index (χ0v) is 17.0. The van der Waals surface area contributed by atoms with E-state index < -0.39 is 15.8 Å². The van der Waals surface area contributed by atoms with Crippen LogP contribution in [0.3, 0.4) is 0 Å². The molecule has 0 saturated heterocycles.